The van der Waals surface area contributed by atoms with Gasteiger partial charge in [-0.05, 0) is 0 Å². The molecule has 2 aliphatic rings. The molecule has 4 heterocycles. The summed E-state index contributed by atoms with van der Waals surface area (Å²) in [6.07, 6.45) is 3.37. The molecule has 128 valence electrons. The SMILES string of the molecule is CCc1nnc(CN2CCc3ncnc(N4CCOCC4)c3C2)o1. The smallest absolute Gasteiger partial charge is 0.230 e. The second-order valence-electron chi connectivity index (χ2n) is 6.13. The average Bonchev–Trinajstić information content (AvgIpc) is 3.09. The molecule has 0 N–H and O–H groups in total. The number of rotatable bonds is 4. The molecular formula is C16H22N6O2. The fourth-order valence-electron chi connectivity index (χ4n) is 3.25. The minimum atomic E-state index is 0.671. The number of anilines is 1. The number of nitrogens with zero attached hydrogens (tertiary/aromatic N) is 6. The highest BCUT2D eigenvalue weighted by atomic mass is 16.5. The van der Waals surface area contributed by atoms with Gasteiger partial charge in [-0.3, -0.25) is 4.90 Å². The van der Waals surface area contributed by atoms with E-state index >= 15 is 0 Å². The van der Waals surface area contributed by atoms with Gasteiger partial charge in [-0.25, -0.2) is 9.97 Å². The summed E-state index contributed by atoms with van der Waals surface area (Å²) in [5.41, 5.74) is 2.38. The quantitative estimate of drug-likeness (QED) is 0.815. The molecule has 0 spiro atoms. The standard InChI is InChI=1S/C16H22N6O2/c1-2-14-19-20-15(24-14)10-21-4-3-13-12(9-21)16(18-11-17-13)22-5-7-23-8-6-22/h11H,2-10H2,1H3. The van der Waals surface area contributed by atoms with E-state index < -0.39 is 0 Å². The maximum atomic E-state index is 5.65. The minimum absolute atomic E-state index is 0.671. The highest BCUT2D eigenvalue weighted by Crippen LogP contribution is 2.27. The van der Waals surface area contributed by atoms with Crippen LogP contribution in [0.3, 0.4) is 0 Å². The molecule has 0 bridgehead atoms. The van der Waals surface area contributed by atoms with Crippen molar-refractivity contribution in [3.63, 3.8) is 0 Å². The van der Waals surface area contributed by atoms with Gasteiger partial charge >= 0.3 is 0 Å². The fraction of sp³-hybridized carbons (Fsp3) is 0.625. The van der Waals surface area contributed by atoms with E-state index in [0.717, 1.165) is 63.7 Å². The van der Waals surface area contributed by atoms with E-state index in [2.05, 4.69) is 30.0 Å². The van der Waals surface area contributed by atoms with Crippen LogP contribution in [0.15, 0.2) is 10.7 Å². The first kappa shape index (κ1) is 15.5. The summed E-state index contributed by atoms with van der Waals surface area (Å²) >= 11 is 0. The molecule has 0 atom stereocenters. The first-order valence-corrected chi connectivity index (χ1v) is 8.52. The number of hydrogen-bond donors (Lipinski definition) is 0. The zero-order chi connectivity index (χ0) is 16.4. The van der Waals surface area contributed by atoms with Crippen LogP contribution >= 0.6 is 0 Å². The van der Waals surface area contributed by atoms with Crippen molar-refractivity contribution in [3.05, 3.63) is 29.4 Å². The number of morpholine rings is 1. The van der Waals surface area contributed by atoms with Crippen LogP contribution in [0.4, 0.5) is 5.82 Å². The molecule has 2 aromatic heterocycles. The first-order chi connectivity index (χ1) is 11.8. The van der Waals surface area contributed by atoms with E-state index in [1.165, 1.54) is 5.56 Å². The Labute approximate surface area is 140 Å². The van der Waals surface area contributed by atoms with E-state index in [0.29, 0.717) is 18.3 Å². The Morgan fingerprint density at radius 1 is 1.08 bits per heavy atom. The Hall–Kier alpha value is -2.06. The first-order valence-electron chi connectivity index (χ1n) is 8.52. The van der Waals surface area contributed by atoms with Crippen LogP contribution in [-0.4, -0.2) is 57.9 Å². The molecule has 1 saturated heterocycles. The van der Waals surface area contributed by atoms with E-state index in [1.807, 2.05) is 6.92 Å². The monoisotopic (exact) mass is 330 g/mol. The number of ether oxygens (including phenoxy) is 1. The number of aryl methyl sites for hydroxylation is 1. The Kier molecular flexibility index (Phi) is 4.40. The lowest BCUT2D eigenvalue weighted by Crippen LogP contribution is -2.39. The highest BCUT2D eigenvalue weighted by molar-refractivity contribution is 5.49. The van der Waals surface area contributed by atoms with Crippen molar-refractivity contribution in [3.8, 4) is 0 Å². The summed E-state index contributed by atoms with van der Waals surface area (Å²) < 4.78 is 11.1. The van der Waals surface area contributed by atoms with Crippen molar-refractivity contribution >= 4 is 5.82 Å². The Bertz CT molecular complexity index is 698. The molecule has 0 saturated carbocycles. The van der Waals surface area contributed by atoms with Gasteiger partial charge in [-0.1, -0.05) is 6.92 Å². The molecule has 24 heavy (non-hydrogen) atoms. The predicted molar refractivity (Wildman–Crippen MR) is 86.6 cm³/mol. The molecule has 0 unspecified atom stereocenters. The molecule has 8 nitrogen and oxygen atoms in total. The lowest BCUT2D eigenvalue weighted by molar-refractivity contribution is 0.122. The third-order valence-corrected chi connectivity index (χ3v) is 4.54. The molecule has 8 heteroatoms. The van der Waals surface area contributed by atoms with Gasteiger partial charge in [0.15, 0.2) is 0 Å². The summed E-state index contributed by atoms with van der Waals surface area (Å²) in [5.74, 6) is 2.42. The Balaban J connectivity index is 1.52. The molecule has 0 amide bonds. The normalized spacial score (nSPS) is 18.6. The lowest BCUT2D eigenvalue weighted by atomic mass is 10.1. The van der Waals surface area contributed by atoms with Crippen LogP contribution < -0.4 is 4.90 Å². The van der Waals surface area contributed by atoms with Crippen molar-refractivity contribution in [2.75, 3.05) is 37.7 Å². The van der Waals surface area contributed by atoms with Crippen molar-refractivity contribution < 1.29 is 9.15 Å². The van der Waals surface area contributed by atoms with E-state index in [-0.39, 0.29) is 0 Å². The lowest BCUT2D eigenvalue weighted by Gasteiger charge is -2.33. The molecule has 0 radical (unpaired) electrons. The van der Waals surface area contributed by atoms with Gasteiger partial charge in [0.05, 0.1) is 25.5 Å². The Morgan fingerprint density at radius 2 is 1.92 bits per heavy atom. The zero-order valence-corrected chi connectivity index (χ0v) is 13.9. The van der Waals surface area contributed by atoms with Crippen molar-refractivity contribution in [1.82, 2.24) is 25.1 Å². The summed E-state index contributed by atoms with van der Waals surface area (Å²) in [6.45, 7) is 7.71. The second-order valence-corrected chi connectivity index (χ2v) is 6.13. The molecule has 0 aliphatic carbocycles. The second kappa shape index (κ2) is 6.82. The summed E-state index contributed by atoms with van der Waals surface area (Å²) in [5, 5.41) is 8.18. The number of aromatic nitrogens is 4. The maximum absolute atomic E-state index is 5.65. The topological polar surface area (TPSA) is 80.4 Å². The minimum Gasteiger partial charge on any atom is -0.424 e. The van der Waals surface area contributed by atoms with Crippen LogP contribution in [0.1, 0.15) is 30.0 Å². The van der Waals surface area contributed by atoms with Crippen LogP contribution in [0.5, 0.6) is 0 Å². The average molecular weight is 330 g/mol. The molecule has 1 fully saturated rings. The van der Waals surface area contributed by atoms with Crippen LogP contribution in [0.25, 0.3) is 0 Å². The summed E-state index contributed by atoms with van der Waals surface area (Å²) in [7, 11) is 0. The van der Waals surface area contributed by atoms with E-state index in [4.69, 9.17) is 9.15 Å². The largest absolute Gasteiger partial charge is 0.424 e. The van der Waals surface area contributed by atoms with Crippen LogP contribution in [0.2, 0.25) is 0 Å². The van der Waals surface area contributed by atoms with Gasteiger partial charge in [0.2, 0.25) is 11.8 Å². The highest BCUT2D eigenvalue weighted by Gasteiger charge is 2.25. The molecular weight excluding hydrogens is 308 g/mol. The van der Waals surface area contributed by atoms with Gasteiger partial charge in [-0.2, -0.15) is 0 Å². The van der Waals surface area contributed by atoms with E-state index in [1.54, 1.807) is 6.33 Å². The van der Waals surface area contributed by atoms with E-state index in [9.17, 15) is 0 Å². The third kappa shape index (κ3) is 3.11. The van der Waals surface area contributed by atoms with Gasteiger partial charge in [0, 0.05) is 44.6 Å². The van der Waals surface area contributed by atoms with Gasteiger partial charge in [-0.15, -0.1) is 10.2 Å². The molecule has 2 aromatic rings. The number of hydrogen-bond acceptors (Lipinski definition) is 8. The van der Waals surface area contributed by atoms with Crippen LogP contribution in [0, 0.1) is 0 Å². The molecule has 4 rings (SSSR count). The summed E-state index contributed by atoms with van der Waals surface area (Å²) in [4.78, 5) is 13.7. The van der Waals surface area contributed by atoms with Gasteiger partial charge in [0.25, 0.3) is 0 Å². The van der Waals surface area contributed by atoms with Crippen molar-refractivity contribution in [1.29, 1.82) is 0 Å². The fourth-order valence-corrected chi connectivity index (χ4v) is 3.25. The molecule has 2 aliphatic heterocycles. The van der Waals surface area contributed by atoms with Gasteiger partial charge < -0.3 is 14.1 Å². The maximum Gasteiger partial charge on any atom is 0.230 e. The van der Waals surface area contributed by atoms with Gasteiger partial charge in [0.1, 0.15) is 12.1 Å². The third-order valence-electron chi connectivity index (χ3n) is 4.54. The van der Waals surface area contributed by atoms with Crippen LogP contribution in [-0.2, 0) is 30.7 Å². The predicted octanol–water partition coefficient (Wildman–Crippen LogP) is 0.817. The van der Waals surface area contributed by atoms with Crippen molar-refractivity contribution in [2.24, 2.45) is 0 Å². The molecule has 0 aromatic carbocycles. The van der Waals surface area contributed by atoms with Crippen molar-refractivity contribution in [2.45, 2.75) is 32.9 Å². The zero-order valence-electron chi connectivity index (χ0n) is 13.9. The number of fused-ring (bicyclic) bond motifs is 1. The Morgan fingerprint density at radius 3 is 2.71 bits per heavy atom. The summed E-state index contributed by atoms with van der Waals surface area (Å²) in [6, 6.07) is 0.